The summed E-state index contributed by atoms with van der Waals surface area (Å²) in [7, 11) is -4.11. The summed E-state index contributed by atoms with van der Waals surface area (Å²) in [5, 5.41) is 2.78. The molecule has 1 fully saturated rings. The lowest BCUT2D eigenvalue weighted by molar-refractivity contribution is -0.128. The number of rotatable bonds is 9. The Bertz CT molecular complexity index is 1300. The summed E-state index contributed by atoms with van der Waals surface area (Å²) >= 11 is 0. The normalized spacial score (nSPS) is 13.6. The number of benzene rings is 3. The van der Waals surface area contributed by atoms with E-state index < -0.39 is 28.3 Å². The second kappa shape index (κ2) is 10.7. The summed E-state index contributed by atoms with van der Waals surface area (Å²) in [6.07, 6.45) is 1.45. The smallest absolute Gasteiger partial charge is 0.264 e. The summed E-state index contributed by atoms with van der Waals surface area (Å²) < 4.78 is 40.9. The van der Waals surface area contributed by atoms with Crippen LogP contribution in [0, 0.1) is 5.82 Å². The third-order valence-corrected chi connectivity index (χ3v) is 7.55. The van der Waals surface area contributed by atoms with E-state index in [1.807, 2.05) is 29.2 Å². The van der Waals surface area contributed by atoms with Gasteiger partial charge in [-0.15, -0.1) is 0 Å². The highest BCUT2D eigenvalue weighted by Gasteiger charge is 2.27. The van der Waals surface area contributed by atoms with Gasteiger partial charge in [-0.2, -0.15) is 0 Å². The molecule has 3 aromatic rings. The van der Waals surface area contributed by atoms with Crippen LogP contribution >= 0.6 is 0 Å². The molecule has 7 nitrogen and oxygen atoms in total. The van der Waals surface area contributed by atoms with Gasteiger partial charge < -0.3 is 10.2 Å². The Labute approximate surface area is 204 Å². The molecule has 1 heterocycles. The minimum atomic E-state index is -4.11. The van der Waals surface area contributed by atoms with Gasteiger partial charge in [-0.3, -0.25) is 13.9 Å². The van der Waals surface area contributed by atoms with Crippen LogP contribution in [0.3, 0.4) is 0 Å². The lowest BCUT2D eigenvalue weighted by atomic mass is 10.1. The molecule has 1 aliphatic heterocycles. The van der Waals surface area contributed by atoms with Gasteiger partial charge in [-0.05, 0) is 53.9 Å². The second-order valence-electron chi connectivity index (χ2n) is 8.32. The van der Waals surface area contributed by atoms with Crippen molar-refractivity contribution in [1.82, 2.24) is 10.2 Å². The topological polar surface area (TPSA) is 86.8 Å². The molecule has 0 aromatic heterocycles. The first-order valence-electron chi connectivity index (χ1n) is 11.3. The van der Waals surface area contributed by atoms with Gasteiger partial charge >= 0.3 is 0 Å². The molecule has 3 aromatic carbocycles. The van der Waals surface area contributed by atoms with Crippen molar-refractivity contribution in [2.24, 2.45) is 0 Å². The fraction of sp³-hybridized carbons (Fsp3) is 0.231. The standard InChI is InChI=1S/C26H26FN3O4S/c27-22-11-13-24(14-12-22)35(33,34)30(23-8-2-1-3-9-23)19-25(31)28-17-20-6-4-7-21(16-20)18-29-15-5-10-26(29)32/h1-4,6-9,11-14,16H,5,10,15,17-19H2,(H,28,31). The van der Waals surface area contributed by atoms with Crippen molar-refractivity contribution in [3.8, 4) is 0 Å². The summed E-state index contributed by atoms with van der Waals surface area (Å²) in [5.41, 5.74) is 2.14. The predicted molar refractivity (Wildman–Crippen MR) is 130 cm³/mol. The van der Waals surface area contributed by atoms with Gasteiger partial charge in [0.2, 0.25) is 11.8 Å². The first-order valence-corrected chi connectivity index (χ1v) is 12.7. The summed E-state index contributed by atoms with van der Waals surface area (Å²) in [6, 6.07) is 20.4. The molecule has 0 aliphatic carbocycles. The van der Waals surface area contributed by atoms with E-state index in [0.29, 0.717) is 18.7 Å². The Morgan fingerprint density at radius 3 is 2.37 bits per heavy atom. The molecular weight excluding hydrogens is 469 g/mol. The lowest BCUT2D eigenvalue weighted by Gasteiger charge is -2.24. The molecule has 1 saturated heterocycles. The van der Waals surface area contributed by atoms with Crippen LogP contribution in [0.5, 0.6) is 0 Å². The molecule has 2 amide bonds. The highest BCUT2D eigenvalue weighted by Crippen LogP contribution is 2.23. The van der Waals surface area contributed by atoms with E-state index in [1.165, 1.54) is 12.1 Å². The molecule has 182 valence electrons. The number of halogens is 1. The molecule has 35 heavy (non-hydrogen) atoms. The number of sulfonamides is 1. The van der Waals surface area contributed by atoms with E-state index in [9.17, 15) is 22.4 Å². The predicted octanol–water partition coefficient (Wildman–Crippen LogP) is 3.46. The third-order valence-electron chi connectivity index (χ3n) is 5.76. The van der Waals surface area contributed by atoms with Gasteiger partial charge in [0.15, 0.2) is 0 Å². The Kier molecular flexibility index (Phi) is 7.45. The minimum absolute atomic E-state index is 0.111. The number of hydrogen-bond donors (Lipinski definition) is 1. The first-order chi connectivity index (χ1) is 16.8. The van der Waals surface area contributed by atoms with Crippen molar-refractivity contribution < 1.29 is 22.4 Å². The van der Waals surface area contributed by atoms with E-state index in [2.05, 4.69) is 5.32 Å². The zero-order valence-corrected chi connectivity index (χ0v) is 19.9. The van der Waals surface area contributed by atoms with Crippen molar-refractivity contribution in [2.75, 3.05) is 17.4 Å². The maximum atomic E-state index is 13.3. The fourth-order valence-corrected chi connectivity index (χ4v) is 5.38. The summed E-state index contributed by atoms with van der Waals surface area (Å²) in [5.74, 6) is -0.893. The molecule has 0 radical (unpaired) electrons. The number of carbonyl (C=O) groups excluding carboxylic acids is 2. The van der Waals surface area contributed by atoms with Gasteiger partial charge in [0, 0.05) is 26.1 Å². The van der Waals surface area contributed by atoms with Gasteiger partial charge in [-0.25, -0.2) is 12.8 Å². The number of likely N-dealkylation sites (tertiary alicyclic amines) is 1. The molecule has 0 unspecified atom stereocenters. The van der Waals surface area contributed by atoms with Crippen LogP contribution in [0.1, 0.15) is 24.0 Å². The summed E-state index contributed by atoms with van der Waals surface area (Å²) in [4.78, 5) is 26.4. The zero-order valence-electron chi connectivity index (χ0n) is 19.1. The van der Waals surface area contributed by atoms with E-state index in [-0.39, 0.29) is 17.3 Å². The number of anilines is 1. The van der Waals surface area contributed by atoms with Crippen LogP contribution in [0.25, 0.3) is 0 Å². The Balaban J connectivity index is 1.46. The Morgan fingerprint density at radius 1 is 0.971 bits per heavy atom. The van der Waals surface area contributed by atoms with Crippen molar-refractivity contribution in [3.63, 3.8) is 0 Å². The zero-order chi connectivity index (χ0) is 24.8. The molecular formula is C26H26FN3O4S. The van der Waals surface area contributed by atoms with Crippen LogP contribution in [-0.4, -0.2) is 38.2 Å². The van der Waals surface area contributed by atoms with E-state index in [4.69, 9.17) is 0 Å². The monoisotopic (exact) mass is 495 g/mol. The Hall–Kier alpha value is -3.72. The minimum Gasteiger partial charge on any atom is -0.350 e. The van der Waals surface area contributed by atoms with Gasteiger partial charge in [0.05, 0.1) is 10.6 Å². The van der Waals surface area contributed by atoms with Crippen LogP contribution in [-0.2, 0) is 32.7 Å². The lowest BCUT2D eigenvalue weighted by Crippen LogP contribution is -2.40. The number of nitrogens with one attached hydrogen (secondary N) is 1. The molecule has 0 saturated carbocycles. The van der Waals surface area contributed by atoms with Crippen molar-refractivity contribution >= 4 is 27.5 Å². The Morgan fingerprint density at radius 2 is 1.69 bits per heavy atom. The van der Waals surface area contributed by atoms with Gasteiger partial charge in [0.25, 0.3) is 10.0 Å². The molecule has 4 rings (SSSR count). The van der Waals surface area contributed by atoms with Gasteiger partial charge in [-0.1, -0.05) is 42.5 Å². The number of nitrogens with zero attached hydrogens (tertiary/aromatic N) is 2. The summed E-state index contributed by atoms with van der Waals surface area (Å²) in [6.45, 7) is 1.04. The van der Waals surface area contributed by atoms with E-state index >= 15 is 0 Å². The van der Waals surface area contributed by atoms with Crippen LogP contribution in [0.2, 0.25) is 0 Å². The maximum Gasteiger partial charge on any atom is 0.264 e. The highest BCUT2D eigenvalue weighted by molar-refractivity contribution is 7.92. The van der Waals surface area contributed by atoms with Crippen LogP contribution in [0.4, 0.5) is 10.1 Å². The number of carbonyl (C=O) groups is 2. The van der Waals surface area contributed by atoms with Crippen molar-refractivity contribution in [2.45, 2.75) is 30.8 Å². The quantitative estimate of drug-likeness (QED) is 0.493. The van der Waals surface area contributed by atoms with Crippen molar-refractivity contribution in [1.29, 1.82) is 0 Å². The fourth-order valence-electron chi connectivity index (χ4n) is 3.96. The molecule has 0 spiro atoms. The number of hydrogen-bond acceptors (Lipinski definition) is 4. The largest absolute Gasteiger partial charge is 0.350 e. The molecule has 1 N–H and O–H groups in total. The molecule has 9 heteroatoms. The van der Waals surface area contributed by atoms with Crippen LogP contribution < -0.4 is 9.62 Å². The average Bonchev–Trinajstić information content (AvgIpc) is 3.26. The molecule has 0 atom stereocenters. The third kappa shape index (κ3) is 6.05. The van der Waals surface area contributed by atoms with E-state index in [0.717, 1.165) is 40.5 Å². The number of amides is 2. The first kappa shape index (κ1) is 24.4. The number of para-hydroxylation sites is 1. The molecule has 1 aliphatic rings. The SMILES string of the molecule is O=C(CN(c1ccccc1)S(=O)(=O)c1ccc(F)cc1)NCc1cccc(CN2CCCC2=O)c1. The van der Waals surface area contributed by atoms with Crippen LogP contribution in [0.15, 0.2) is 83.8 Å². The highest BCUT2D eigenvalue weighted by atomic mass is 32.2. The van der Waals surface area contributed by atoms with E-state index in [1.54, 1.807) is 30.3 Å². The van der Waals surface area contributed by atoms with Crippen molar-refractivity contribution in [3.05, 3.63) is 95.8 Å². The maximum absolute atomic E-state index is 13.3. The molecule has 0 bridgehead atoms. The second-order valence-corrected chi connectivity index (χ2v) is 10.2. The van der Waals surface area contributed by atoms with Gasteiger partial charge in [0.1, 0.15) is 12.4 Å². The average molecular weight is 496 g/mol.